The topological polar surface area (TPSA) is 22.1 Å². The summed E-state index contributed by atoms with van der Waals surface area (Å²) in [5, 5.41) is 0.178. The van der Waals surface area contributed by atoms with E-state index in [0.717, 1.165) is 0 Å². The van der Waals surface area contributed by atoms with Crippen molar-refractivity contribution in [3.63, 3.8) is 0 Å². The lowest BCUT2D eigenvalue weighted by molar-refractivity contribution is 0.0857. The van der Waals surface area contributed by atoms with Crippen LogP contribution in [0, 0.1) is 0 Å². The summed E-state index contributed by atoms with van der Waals surface area (Å²) in [7, 11) is 0. The summed E-state index contributed by atoms with van der Waals surface area (Å²) in [6, 6.07) is 3.19. The smallest absolute Gasteiger partial charge is 0.235 e. The van der Waals surface area contributed by atoms with Gasteiger partial charge in [0.15, 0.2) is 10.9 Å². The van der Waals surface area contributed by atoms with Gasteiger partial charge in [0.05, 0.1) is 0 Å². The van der Waals surface area contributed by atoms with Gasteiger partial charge in [-0.15, -0.1) is 0 Å². The number of pyridine rings is 1. The molecule has 0 amide bonds. The molecule has 1 heterocycles. The SMILES string of the molecule is CC(F)Oc1cccnc1Cl. The molecule has 1 aromatic rings. The first-order valence-corrected chi connectivity index (χ1v) is 3.49. The molecule has 0 aliphatic rings. The lowest BCUT2D eigenvalue weighted by atomic mass is 10.5. The third kappa shape index (κ3) is 2.35. The van der Waals surface area contributed by atoms with E-state index in [0.29, 0.717) is 0 Å². The van der Waals surface area contributed by atoms with Crippen LogP contribution in [0.15, 0.2) is 18.3 Å². The van der Waals surface area contributed by atoms with Crippen molar-refractivity contribution in [2.24, 2.45) is 0 Å². The average Bonchev–Trinajstić information content (AvgIpc) is 1.93. The molecule has 1 rings (SSSR count). The van der Waals surface area contributed by atoms with Crippen LogP contribution in [-0.4, -0.2) is 11.3 Å². The fourth-order valence-electron chi connectivity index (χ4n) is 0.634. The summed E-state index contributed by atoms with van der Waals surface area (Å²) in [6.45, 7) is 1.28. The fraction of sp³-hybridized carbons (Fsp3) is 0.286. The number of hydrogen-bond acceptors (Lipinski definition) is 2. The van der Waals surface area contributed by atoms with E-state index in [1.807, 2.05) is 0 Å². The van der Waals surface area contributed by atoms with Crippen molar-refractivity contribution in [1.82, 2.24) is 4.98 Å². The second-order valence-corrected chi connectivity index (χ2v) is 2.31. The minimum atomic E-state index is -1.36. The van der Waals surface area contributed by atoms with Gasteiger partial charge in [-0.1, -0.05) is 11.6 Å². The van der Waals surface area contributed by atoms with E-state index in [4.69, 9.17) is 11.6 Å². The van der Waals surface area contributed by atoms with Crippen molar-refractivity contribution in [2.75, 3.05) is 0 Å². The van der Waals surface area contributed by atoms with E-state index < -0.39 is 6.36 Å². The number of hydrogen-bond donors (Lipinski definition) is 0. The highest BCUT2D eigenvalue weighted by Gasteiger charge is 2.04. The molecule has 60 valence electrons. The van der Waals surface area contributed by atoms with Gasteiger partial charge in [-0.05, 0) is 12.1 Å². The Bertz CT molecular complexity index is 242. The zero-order valence-electron chi connectivity index (χ0n) is 5.92. The molecule has 1 aromatic heterocycles. The van der Waals surface area contributed by atoms with Gasteiger partial charge in [0.2, 0.25) is 6.36 Å². The van der Waals surface area contributed by atoms with E-state index in [1.165, 1.54) is 13.1 Å². The van der Waals surface area contributed by atoms with Gasteiger partial charge >= 0.3 is 0 Å². The predicted octanol–water partition coefficient (Wildman–Crippen LogP) is 2.43. The van der Waals surface area contributed by atoms with E-state index in [9.17, 15) is 4.39 Å². The van der Waals surface area contributed by atoms with E-state index in [-0.39, 0.29) is 10.9 Å². The molecule has 0 saturated carbocycles. The van der Waals surface area contributed by atoms with Crippen LogP contribution in [0.3, 0.4) is 0 Å². The van der Waals surface area contributed by atoms with E-state index >= 15 is 0 Å². The van der Waals surface area contributed by atoms with Crippen molar-refractivity contribution >= 4 is 11.6 Å². The Morgan fingerprint density at radius 3 is 3.00 bits per heavy atom. The van der Waals surface area contributed by atoms with Crippen LogP contribution in [0.1, 0.15) is 6.92 Å². The monoisotopic (exact) mass is 175 g/mol. The number of nitrogens with zero attached hydrogens (tertiary/aromatic N) is 1. The van der Waals surface area contributed by atoms with Gasteiger partial charge in [-0.3, -0.25) is 0 Å². The van der Waals surface area contributed by atoms with Gasteiger partial charge in [0, 0.05) is 13.1 Å². The number of alkyl halides is 1. The highest BCUT2D eigenvalue weighted by molar-refractivity contribution is 6.30. The van der Waals surface area contributed by atoms with Crippen molar-refractivity contribution in [1.29, 1.82) is 0 Å². The standard InChI is InChI=1S/C7H7ClFNO/c1-5(9)11-6-3-2-4-10-7(6)8/h2-5H,1H3. The third-order valence-electron chi connectivity index (χ3n) is 1.01. The number of rotatable bonds is 2. The molecule has 0 radical (unpaired) electrons. The second-order valence-electron chi connectivity index (χ2n) is 1.95. The molecule has 1 atom stereocenters. The third-order valence-corrected chi connectivity index (χ3v) is 1.30. The van der Waals surface area contributed by atoms with Crippen LogP contribution in [0.25, 0.3) is 0 Å². The Morgan fingerprint density at radius 1 is 1.73 bits per heavy atom. The molecule has 0 saturated heterocycles. The molecule has 0 aromatic carbocycles. The highest BCUT2D eigenvalue weighted by Crippen LogP contribution is 2.21. The van der Waals surface area contributed by atoms with Crippen LogP contribution in [0.2, 0.25) is 5.15 Å². The van der Waals surface area contributed by atoms with Gasteiger partial charge in [0.1, 0.15) is 0 Å². The molecule has 4 heteroatoms. The molecule has 0 fully saturated rings. The maximum atomic E-state index is 12.3. The van der Waals surface area contributed by atoms with E-state index in [2.05, 4.69) is 9.72 Å². The summed E-state index contributed by atoms with van der Waals surface area (Å²) < 4.78 is 16.9. The lowest BCUT2D eigenvalue weighted by Gasteiger charge is -2.06. The largest absolute Gasteiger partial charge is 0.457 e. The van der Waals surface area contributed by atoms with Gasteiger partial charge in [0.25, 0.3) is 0 Å². The lowest BCUT2D eigenvalue weighted by Crippen LogP contribution is -2.04. The summed E-state index contributed by atoms with van der Waals surface area (Å²) in [6.07, 6.45) is 0.148. The number of aromatic nitrogens is 1. The van der Waals surface area contributed by atoms with Crippen LogP contribution in [0.5, 0.6) is 5.75 Å². The summed E-state index contributed by atoms with van der Waals surface area (Å²) in [5.41, 5.74) is 0. The molecule has 0 N–H and O–H groups in total. The molecule has 0 aliphatic carbocycles. The van der Waals surface area contributed by atoms with Crippen LogP contribution < -0.4 is 4.74 Å². The number of halogens is 2. The predicted molar refractivity (Wildman–Crippen MR) is 40.4 cm³/mol. The van der Waals surface area contributed by atoms with Crippen LogP contribution in [0.4, 0.5) is 4.39 Å². The maximum Gasteiger partial charge on any atom is 0.235 e. The van der Waals surface area contributed by atoms with Crippen molar-refractivity contribution in [2.45, 2.75) is 13.3 Å². The minimum Gasteiger partial charge on any atom is -0.457 e. The van der Waals surface area contributed by atoms with Gasteiger partial charge < -0.3 is 4.74 Å². The molecule has 2 nitrogen and oxygen atoms in total. The first-order chi connectivity index (χ1) is 5.20. The first-order valence-electron chi connectivity index (χ1n) is 3.11. The van der Waals surface area contributed by atoms with Crippen LogP contribution in [-0.2, 0) is 0 Å². The van der Waals surface area contributed by atoms with Gasteiger partial charge in [-0.2, -0.15) is 0 Å². The van der Waals surface area contributed by atoms with Crippen molar-refractivity contribution < 1.29 is 9.13 Å². The second kappa shape index (κ2) is 3.53. The molecular weight excluding hydrogens is 169 g/mol. The molecule has 1 unspecified atom stereocenters. The van der Waals surface area contributed by atoms with Gasteiger partial charge in [-0.25, -0.2) is 9.37 Å². The quantitative estimate of drug-likeness (QED) is 0.644. The zero-order valence-corrected chi connectivity index (χ0v) is 6.68. The fourth-order valence-corrected chi connectivity index (χ4v) is 0.798. The minimum absolute atomic E-state index is 0.178. The Kier molecular flexibility index (Phi) is 2.65. The van der Waals surface area contributed by atoms with Crippen LogP contribution >= 0.6 is 11.6 Å². The number of ether oxygens (including phenoxy) is 1. The molecule has 0 aliphatic heterocycles. The Labute approximate surface area is 69.0 Å². The average molecular weight is 176 g/mol. The normalized spacial score (nSPS) is 12.6. The first kappa shape index (κ1) is 8.27. The Morgan fingerprint density at radius 2 is 2.45 bits per heavy atom. The zero-order chi connectivity index (χ0) is 8.27. The van der Waals surface area contributed by atoms with E-state index in [1.54, 1.807) is 12.1 Å². The molecule has 11 heavy (non-hydrogen) atoms. The molecular formula is C7H7ClFNO. The summed E-state index contributed by atoms with van der Waals surface area (Å²) in [5.74, 6) is 0.268. The Balaban J connectivity index is 2.78. The van der Waals surface area contributed by atoms with Crippen molar-refractivity contribution in [3.05, 3.63) is 23.5 Å². The molecule has 0 bridgehead atoms. The van der Waals surface area contributed by atoms with Crippen molar-refractivity contribution in [3.8, 4) is 5.75 Å². The summed E-state index contributed by atoms with van der Waals surface area (Å²) >= 11 is 5.57. The Hall–Kier alpha value is -0.830. The highest BCUT2D eigenvalue weighted by atomic mass is 35.5. The summed E-state index contributed by atoms with van der Waals surface area (Å²) in [4.78, 5) is 3.71. The maximum absolute atomic E-state index is 12.3. The molecule has 0 spiro atoms.